The van der Waals surface area contributed by atoms with E-state index in [4.69, 9.17) is 0 Å². The average molecular weight is 513 g/mol. The van der Waals surface area contributed by atoms with Crippen molar-refractivity contribution in [1.82, 2.24) is 20.4 Å². The van der Waals surface area contributed by atoms with Gasteiger partial charge in [0.15, 0.2) is 5.96 Å². The molecule has 2 heterocycles. The van der Waals surface area contributed by atoms with Gasteiger partial charge in [-0.2, -0.15) is 0 Å². The number of guanidine groups is 1. The number of carbonyl (C=O) groups is 2. The molecule has 0 aromatic heterocycles. The number of nitrogens with one attached hydrogen (secondary N) is 2. The summed E-state index contributed by atoms with van der Waals surface area (Å²) < 4.78 is 0. The van der Waals surface area contributed by atoms with Gasteiger partial charge < -0.3 is 20.4 Å². The predicted octanol–water partition coefficient (Wildman–Crippen LogP) is 2.10. The van der Waals surface area contributed by atoms with Crippen LogP contribution in [0.1, 0.15) is 43.7 Å². The van der Waals surface area contributed by atoms with E-state index < -0.39 is 0 Å². The minimum Gasteiger partial charge on any atom is -0.357 e. The van der Waals surface area contributed by atoms with Gasteiger partial charge in [-0.1, -0.05) is 24.3 Å². The van der Waals surface area contributed by atoms with E-state index in [1.54, 1.807) is 0 Å². The zero-order valence-electron chi connectivity index (χ0n) is 17.2. The summed E-state index contributed by atoms with van der Waals surface area (Å²) in [6.45, 7) is 6.77. The van der Waals surface area contributed by atoms with Crippen molar-refractivity contribution < 1.29 is 9.59 Å². The van der Waals surface area contributed by atoms with Crippen LogP contribution in [0.2, 0.25) is 0 Å². The Hall–Kier alpha value is -1.84. The normalized spacial score (nSPS) is 16.7. The van der Waals surface area contributed by atoms with Crippen LogP contribution < -0.4 is 10.6 Å². The summed E-state index contributed by atoms with van der Waals surface area (Å²) in [6, 6.07) is 8.21. The monoisotopic (exact) mass is 513 g/mol. The van der Waals surface area contributed by atoms with Crippen molar-refractivity contribution in [3.05, 3.63) is 35.4 Å². The number of hydrogen-bond acceptors (Lipinski definition) is 3. The first-order chi connectivity index (χ1) is 13.7. The molecule has 0 saturated carbocycles. The lowest BCUT2D eigenvalue weighted by molar-refractivity contribution is -0.129. The van der Waals surface area contributed by atoms with Crippen molar-refractivity contribution in [3.8, 4) is 0 Å². The zero-order chi connectivity index (χ0) is 19.8. The van der Waals surface area contributed by atoms with Crippen molar-refractivity contribution in [3.63, 3.8) is 0 Å². The van der Waals surface area contributed by atoms with Crippen LogP contribution in [-0.2, 0) is 22.7 Å². The van der Waals surface area contributed by atoms with Gasteiger partial charge in [0, 0.05) is 39.1 Å². The molecule has 2 aliphatic rings. The average Bonchev–Trinajstić information content (AvgIpc) is 3.37. The van der Waals surface area contributed by atoms with E-state index in [-0.39, 0.29) is 42.3 Å². The van der Waals surface area contributed by atoms with E-state index in [9.17, 15) is 9.59 Å². The highest BCUT2D eigenvalue weighted by Crippen LogP contribution is 2.15. The Labute approximate surface area is 190 Å². The van der Waals surface area contributed by atoms with Gasteiger partial charge in [0.1, 0.15) is 0 Å². The maximum Gasteiger partial charge on any atom is 0.241 e. The lowest BCUT2D eigenvalue weighted by atomic mass is 10.1. The molecule has 2 fully saturated rings. The van der Waals surface area contributed by atoms with Crippen LogP contribution in [0.4, 0.5) is 0 Å². The summed E-state index contributed by atoms with van der Waals surface area (Å²) in [5, 5.41) is 6.33. The zero-order valence-corrected chi connectivity index (χ0v) is 19.5. The van der Waals surface area contributed by atoms with Crippen LogP contribution in [0, 0.1) is 0 Å². The summed E-state index contributed by atoms with van der Waals surface area (Å²) in [6.07, 6.45) is 3.81. The molecule has 160 valence electrons. The molecule has 2 amide bonds. The maximum atomic E-state index is 12.2. The van der Waals surface area contributed by atoms with Gasteiger partial charge in [0.25, 0.3) is 0 Å². The first-order valence-corrected chi connectivity index (χ1v) is 10.3. The Morgan fingerprint density at radius 1 is 1.10 bits per heavy atom. The second-order valence-corrected chi connectivity index (χ2v) is 7.38. The van der Waals surface area contributed by atoms with E-state index in [1.807, 2.05) is 28.9 Å². The van der Waals surface area contributed by atoms with E-state index in [1.165, 1.54) is 0 Å². The van der Waals surface area contributed by atoms with E-state index in [0.29, 0.717) is 25.5 Å². The first kappa shape index (κ1) is 23.4. The smallest absolute Gasteiger partial charge is 0.241 e. The van der Waals surface area contributed by atoms with Gasteiger partial charge in [-0.25, -0.2) is 4.99 Å². The van der Waals surface area contributed by atoms with Crippen LogP contribution in [0.5, 0.6) is 0 Å². The Morgan fingerprint density at radius 2 is 1.86 bits per heavy atom. The third kappa shape index (κ3) is 7.17. The molecule has 3 rings (SSSR count). The molecule has 0 radical (unpaired) electrons. The van der Waals surface area contributed by atoms with Crippen LogP contribution >= 0.6 is 24.0 Å². The van der Waals surface area contributed by atoms with E-state index in [2.05, 4.69) is 27.8 Å². The van der Waals surface area contributed by atoms with Crippen LogP contribution in [0.25, 0.3) is 0 Å². The molecule has 0 bridgehead atoms. The molecule has 0 atom stereocenters. The lowest BCUT2D eigenvalue weighted by Gasteiger charge is -2.17. The molecule has 8 heteroatoms. The Balaban J connectivity index is 0.00000300. The fraction of sp³-hybridized carbons (Fsp3) is 0.571. The van der Waals surface area contributed by atoms with Gasteiger partial charge in [-0.3, -0.25) is 9.59 Å². The number of likely N-dealkylation sites (tertiary alicyclic amines) is 2. The van der Waals surface area contributed by atoms with Gasteiger partial charge in [-0.05, 0) is 37.3 Å². The third-order valence-corrected chi connectivity index (χ3v) is 5.17. The predicted molar refractivity (Wildman–Crippen MR) is 125 cm³/mol. The molecule has 0 unspecified atom stereocenters. The van der Waals surface area contributed by atoms with Crippen molar-refractivity contribution in [2.45, 2.75) is 45.7 Å². The first-order valence-electron chi connectivity index (χ1n) is 10.3. The van der Waals surface area contributed by atoms with E-state index >= 15 is 0 Å². The molecule has 0 spiro atoms. The standard InChI is InChI=1S/C21H31N5O2.HI/c1-2-22-21(24-15-20(28)25-10-3-4-11-25)23-14-17-7-5-8-18(13-17)16-26-12-6-9-19(26)27;/h5,7-8,13H,2-4,6,9-12,14-16H2,1H3,(H2,22,23,24);1H. The second kappa shape index (κ2) is 12.0. The Kier molecular flexibility index (Phi) is 9.69. The van der Waals surface area contributed by atoms with Crippen molar-refractivity contribution in [2.24, 2.45) is 4.99 Å². The SMILES string of the molecule is CCNC(=NCc1cccc(CN2CCCC2=O)c1)NCC(=O)N1CCCC1.I. The van der Waals surface area contributed by atoms with Gasteiger partial charge in [0.2, 0.25) is 11.8 Å². The number of aliphatic imine (C=N–C) groups is 1. The maximum absolute atomic E-state index is 12.2. The fourth-order valence-electron chi connectivity index (χ4n) is 3.67. The number of halogens is 1. The van der Waals surface area contributed by atoms with Crippen molar-refractivity contribution in [1.29, 1.82) is 0 Å². The summed E-state index contributed by atoms with van der Waals surface area (Å²) in [5.41, 5.74) is 2.22. The molecule has 7 nitrogen and oxygen atoms in total. The fourth-order valence-corrected chi connectivity index (χ4v) is 3.67. The Morgan fingerprint density at radius 3 is 2.55 bits per heavy atom. The molecule has 0 aliphatic carbocycles. The highest BCUT2D eigenvalue weighted by Gasteiger charge is 2.20. The summed E-state index contributed by atoms with van der Waals surface area (Å²) in [4.78, 5) is 32.5. The molecule has 2 N–H and O–H groups in total. The second-order valence-electron chi connectivity index (χ2n) is 7.38. The quantitative estimate of drug-likeness (QED) is 0.333. The lowest BCUT2D eigenvalue weighted by Crippen LogP contribution is -2.44. The van der Waals surface area contributed by atoms with Crippen LogP contribution in [-0.4, -0.2) is 60.3 Å². The molecule has 1 aromatic rings. The van der Waals surface area contributed by atoms with E-state index in [0.717, 1.165) is 56.6 Å². The highest BCUT2D eigenvalue weighted by molar-refractivity contribution is 14.0. The summed E-state index contributed by atoms with van der Waals surface area (Å²) in [5.74, 6) is 1.01. The number of nitrogens with zero attached hydrogens (tertiary/aromatic N) is 3. The number of hydrogen-bond donors (Lipinski definition) is 2. The highest BCUT2D eigenvalue weighted by atomic mass is 127. The number of rotatable bonds is 7. The largest absolute Gasteiger partial charge is 0.357 e. The Bertz CT molecular complexity index is 719. The molecule has 2 saturated heterocycles. The molecule has 29 heavy (non-hydrogen) atoms. The molecular formula is C21H32IN5O2. The topological polar surface area (TPSA) is 77.0 Å². The van der Waals surface area contributed by atoms with Gasteiger partial charge >= 0.3 is 0 Å². The van der Waals surface area contributed by atoms with Gasteiger partial charge in [0.05, 0.1) is 13.1 Å². The molecule has 1 aromatic carbocycles. The number of benzene rings is 1. The van der Waals surface area contributed by atoms with Gasteiger partial charge in [-0.15, -0.1) is 24.0 Å². The molecule has 2 aliphatic heterocycles. The summed E-state index contributed by atoms with van der Waals surface area (Å²) in [7, 11) is 0. The minimum atomic E-state index is 0. The van der Waals surface area contributed by atoms with Crippen molar-refractivity contribution >= 4 is 41.8 Å². The third-order valence-electron chi connectivity index (χ3n) is 5.17. The number of carbonyl (C=O) groups excluding carboxylic acids is 2. The number of amides is 2. The molecular weight excluding hydrogens is 481 g/mol. The van der Waals surface area contributed by atoms with Crippen molar-refractivity contribution in [2.75, 3.05) is 32.7 Å². The van der Waals surface area contributed by atoms with Crippen LogP contribution in [0.15, 0.2) is 29.3 Å². The summed E-state index contributed by atoms with van der Waals surface area (Å²) >= 11 is 0. The minimum absolute atomic E-state index is 0. The van der Waals surface area contributed by atoms with Crippen LogP contribution in [0.3, 0.4) is 0 Å².